The maximum atomic E-state index is 10.5. The molecule has 1 heterocycles. The van der Waals surface area contributed by atoms with Crippen LogP contribution in [-0.4, -0.2) is 11.4 Å². The molecule has 2 aromatic rings. The zero-order valence-electron chi connectivity index (χ0n) is 7.76. The van der Waals surface area contributed by atoms with Crippen LogP contribution in [-0.2, 0) is 4.79 Å². The van der Waals surface area contributed by atoms with E-state index in [9.17, 15) is 4.79 Å². The quantitative estimate of drug-likeness (QED) is 0.633. The Balaban J connectivity index is 2.32. The van der Waals surface area contributed by atoms with Crippen molar-refractivity contribution in [1.29, 1.82) is 0 Å². The van der Waals surface area contributed by atoms with Gasteiger partial charge in [0.1, 0.15) is 16.8 Å². The molecule has 2 rings (SSSR count). The second-order valence-electron chi connectivity index (χ2n) is 3.02. The summed E-state index contributed by atoms with van der Waals surface area (Å²) in [4.78, 5) is 10.1. The molecule has 0 fully saturated rings. The summed E-state index contributed by atoms with van der Waals surface area (Å²) in [5, 5.41) is 3.89. The smallest absolute Gasteiger partial charge is 0.158 e. The monoisotopic (exact) mass is 265 g/mol. The number of aromatic nitrogens is 1. The molecular weight excluding hydrogens is 258 g/mol. The molecule has 0 radical (unpaired) electrons. The standard InChI is InChI=1S/C11H8BrNO2/c12-9(7-14)11-6-10(13-15-11)8-4-2-1-3-5-8/h1-7,9H. The third-order valence-corrected chi connectivity index (χ3v) is 2.66. The molecule has 0 aliphatic heterocycles. The molecule has 0 spiro atoms. The average Bonchev–Trinajstić information content (AvgIpc) is 2.78. The number of rotatable bonds is 3. The maximum absolute atomic E-state index is 10.5. The SMILES string of the molecule is O=CC(Br)c1cc(-c2ccccc2)no1. The van der Waals surface area contributed by atoms with Crippen molar-refractivity contribution in [2.45, 2.75) is 4.83 Å². The summed E-state index contributed by atoms with van der Waals surface area (Å²) in [6, 6.07) is 11.4. The highest BCUT2D eigenvalue weighted by Crippen LogP contribution is 2.25. The van der Waals surface area contributed by atoms with Crippen molar-refractivity contribution in [2.75, 3.05) is 0 Å². The third kappa shape index (κ3) is 2.15. The van der Waals surface area contributed by atoms with Crippen LogP contribution in [0.25, 0.3) is 11.3 Å². The topological polar surface area (TPSA) is 43.1 Å². The summed E-state index contributed by atoms with van der Waals surface area (Å²) in [5.74, 6) is 0.517. The molecule has 0 amide bonds. The minimum Gasteiger partial charge on any atom is -0.359 e. The Labute approximate surface area is 95.2 Å². The van der Waals surface area contributed by atoms with Crippen LogP contribution in [0, 0.1) is 0 Å². The molecule has 1 atom stereocenters. The van der Waals surface area contributed by atoms with Crippen molar-refractivity contribution in [3.05, 3.63) is 42.2 Å². The highest BCUT2D eigenvalue weighted by molar-refractivity contribution is 9.09. The van der Waals surface area contributed by atoms with Gasteiger partial charge in [0.05, 0.1) is 0 Å². The molecule has 1 unspecified atom stereocenters. The van der Waals surface area contributed by atoms with Gasteiger partial charge in [0.2, 0.25) is 0 Å². The number of benzene rings is 1. The van der Waals surface area contributed by atoms with E-state index in [2.05, 4.69) is 21.1 Å². The molecule has 3 nitrogen and oxygen atoms in total. The molecule has 1 aromatic carbocycles. The minimum atomic E-state index is -0.428. The fourth-order valence-electron chi connectivity index (χ4n) is 1.23. The van der Waals surface area contributed by atoms with Crippen LogP contribution in [0.1, 0.15) is 10.6 Å². The van der Waals surface area contributed by atoms with Crippen molar-refractivity contribution in [3.63, 3.8) is 0 Å². The first kappa shape index (κ1) is 10.1. The van der Waals surface area contributed by atoms with Crippen LogP contribution in [0.3, 0.4) is 0 Å². The molecule has 1 aromatic heterocycles. The Hall–Kier alpha value is -1.42. The van der Waals surface area contributed by atoms with Crippen LogP contribution in [0.5, 0.6) is 0 Å². The Morgan fingerprint density at radius 1 is 1.33 bits per heavy atom. The van der Waals surface area contributed by atoms with Gasteiger partial charge in [-0.15, -0.1) is 0 Å². The van der Waals surface area contributed by atoms with E-state index in [0.29, 0.717) is 5.76 Å². The number of nitrogens with zero attached hydrogens (tertiary/aromatic N) is 1. The fourth-order valence-corrected chi connectivity index (χ4v) is 1.45. The Morgan fingerprint density at radius 3 is 2.73 bits per heavy atom. The second kappa shape index (κ2) is 4.40. The first-order valence-corrected chi connectivity index (χ1v) is 5.34. The van der Waals surface area contributed by atoms with E-state index >= 15 is 0 Å². The van der Waals surface area contributed by atoms with Crippen LogP contribution >= 0.6 is 15.9 Å². The van der Waals surface area contributed by atoms with Crippen LogP contribution < -0.4 is 0 Å². The number of carbonyl (C=O) groups is 1. The molecule has 15 heavy (non-hydrogen) atoms. The van der Waals surface area contributed by atoms with E-state index in [1.807, 2.05) is 30.3 Å². The summed E-state index contributed by atoms with van der Waals surface area (Å²) in [6.07, 6.45) is 0.759. The Morgan fingerprint density at radius 2 is 2.07 bits per heavy atom. The number of hydrogen-bond donors (Lipinski definition) is 0. The van der Waals surface area contributed by atoms with Gasteiger partial charge in [0.25, 0.3) is 0 Å². The second-order valence-corrected chi connectivity index (χ2v) is 4.00. The molecule has 0 saturated carbocycles. The normalized spacial score (nSPS) is 12.3. The predicted molar refractivity (Wildman–Crippen MR) is 59.7 cm³/mol. The summed E-state index contributed by atoms with van der Waals surface area (Å²) < 4.78 is 5.04. The number of alkyl halides is 1. The van der Waals surface area contributed by atoms with Crippen LogP contribution in [0.15, 0.2) is 40.9 Å². The van der Waals surface area contributed by atoms with Gasteiger partial charge in [-0.05, 0) is 0 Å². The van der Waals surface area contributed by atoms with Crippen molar-refractivity contribution in [1.82, 2.24) is 5.16 Å². The lowest BCUT2D eigenvalue weighted by atomic mass is 10.1. The Bertz CT molecular complexity index is 453. The van der Waals surface area contributed by atoms with Gasteiger partial charge in [-0.1, -0.05) is 51.4 Å². The molecular formula is C11H8BrNO2. The van der Waals surface area contributed by atoms with Gasteiger partial charge in [-0.2, -0.15) is 0 Å². The van der Waals surface area contributed by atoms with E-state index in [4.69, 9.17) is 4.52 Å². The molecule has 0 N–H and O–H groups in total. The molecule has 0 aliphatic rings. The first-order valence-electron chi connectivity index (χ1n) is 4.42. The fraction of sp³-hybridized carbons (Fsp3) is 0.0909. The van der Waals surface area contributed by atoms with Crippen molar-refractivity contribution in [3.8, 4) is 11.3 Å². The van der Waals surface area contributed by atoms with E-state index in [1.54, 1.807) is 6.07 Å². The lowest BCUT2D eigenvalue weighted by Gasteiger charge is -1.92. The van der Waals surface area contributed by atoms with Gasteiger partial charge in [-0.3, -0.25) is 0 Å². The number of halogens is 1. The lowest BCUT2D eigenvalue weighted by Crippen LogP contribution is -1.85. The molecule has 0 saturated heterocycles. The minimum absolute atomic E-state index is 0.428. The van der Waals surface area contributed by atoms with Gasteiger partial charge >= 0.3 is 0 Å². The summed E-state index contributed by atoms with van der Waals surface area (Å²) >= 11 is 3.17. The summed E-state index contributed by atoms with van der Waals surface area (Å²) in [5.41, 5.74) is 1.70. The van der Waals surface area contributed by atoms with E-state index in [0.717, 1.165) is 17.5 Å². The van der Waals surface area contributed by atoms with Crippen LogP contribution in [0.2, 0.25) is 0 Å². The van der Waals surface area contributed by atoms with Crippen LogP contribution in [0.4, 0.5) is 0 Å². The number of aldehydes is 1. The lowest BCUT2D eigenvalue weighted by molar-refractivity contribution is -0.107. The Kier molecular flexibility index (Phi) is 2.97. The molecule has 0 bridgehead atoms. The zero-order chi connectivity index (χ0) is 10.7. The predicted octanol–water partition coefficient (Wildman–Crippen LogP) is 2.98. The van der Waals surface area contributed by atoms with E-state index in [-0.39, 0.29) is 0 Å². The number of hydrogen-bond acceptors (Lipinski definition) is 3. The summed E-state index contributed by atoms with van der Waals surface area (Å²) in [6.45, 7) is 0. The van der Waals surface area contributed by atoms with Crippen molar-refractivity contribution in [2.24, 2.45) is 0 Å². The third-order valence-electron chi connectivity index (χ3n) is 1.99. The van der Waals surface area contributed by atoms with Crippen molar-refractivity contribution >= 4 is 22.2 Å². The average molecular weight is 266 g/mol. The molecule has 0 aliphatic carbocycles. The highest BCUT2D eigenvalue weighted by atomic mass is 79.9. The zero-order valence-corrected chi connectivity index (χ0v) is 9.35. The van der Waals surface area contributed by atoms with E-state index < -0.39 is 4.83 Å². The highest BCUT2D eigenvalue weighted by Gasteiger charge is 2.13. The molecule has 4 heteroatoms. The maximum Gasteiger partial charge on any atom is 0.158 e. The van der Waals surface area contributed by atoms with Gasteiger partial charge in [0, 0.05) is 11.6 Å². The largest absolute Gasteiger partial charge is 0.359 e. The molecule has 76 valence electrons. The first-order chi connectivity index (χ1) is 7.31. The van der Waals surface area contributed by atoms with E-state index in [1.165, 1.54) is 0 Å². The van der Waals surface area contributed by atoms with Gasteiger partial charge in [0.15, 0.2) is 5.76 Å². The number of carbonyl (C=O) groups excluding carboxylic acids is 1. The van der Waals surface area contributed by atoms with Crippen molar-refractivity contribution < 1.29 is 9.32 Å². The summed E-state index contributed by atoms with van der Waals surface area (Å²) in [7, 11) is 0. The van der Waals surface area contributed by atoms with Gasteiger partial charge in [-0.25, -0.2) is 0 Å². The van der Waals surface area contributed by atoms with Gasteiger partial charge < -0.3 is 9.32 Å².